The van der Waals surface area contributed by atoms with Crippen LogP contribution in [0.1, 0.15) is 37.7 Å². The zero-order valence-electron chi connectivity index (χ0n) is 13.3. The summed E-state index contributed by atoms with van der Waals surface area (Å²) < 4.78 is 13.1. The van der Waals surface area contributed by atoms with Crippen LogP contribution in [0.2, 0.25) is 0 Å². The van der Waals surface area contributed by atoms with Crippen LogP contribution in [0.4, 0.5) is 4.39 Å². The van der Waals surface area contributed by atoms with Gasteiger partial charge in [0.1, 0.15) is 5.82 Å². The Bertz CT molecular complexity index is 516. The first-order valence-corrected chi connectivity index (χ1v) is 8.36. The van der Waals surface area contributed by atoms with Gasteiger partial charge in [-0.25, -0.2) is 4.39 Å². The van der Waals surface area contributed by atoms with Crippen molar-refractivity contribution in [3.63, 3.8) is 0 Å². The van der Waals surface area contributed by atoms with Gasteiger partial charge < -0.3 is 10.2 Å². The summed E-state index contributed by atoms with van der Waals surface area (Å²) in [4.78, 5) is 14.9. The predicted molar refractivity (Wildman–Crippen MR) is 85.2 cm³/mol. The van der Waals surface area contributed by atoms with Crippen molar-refractivity contribution in [3.05, 3.63) is 35.6 Å². The van der Waals surface area contributed by atoms with Crippen LogP contribution in [0.3, 0.4) is 0 Å². The highest BCUT2D eigenvalue weighted by Crippen LogP contribution is 2.50. The maximum Gasteiger partial charge on any atom is 0.233 e. The second kappa shape index (κ2) is 6.37. The van der Waals surface area contributed by atoms with Crippen LogP contribution in [-0.4, -0.2) is 37.5 Å². The van der Waals surface area contributed by atoms with Gasteiger partial charge >= 0.3 is 0 Å². The molecule has 0 unspecified atom stereocenters. The molecule has 2 fully saturated rings. The summed E-state index contributed by atoms with van der Waals surface area (Å²) in [5.41, 5.74) is 0.627. The van der Waals surface area contributed by atoms with Crippen LogP contribution in [0.5, 0.6) is 0 Å². The van der Waals surface area contributed by atoms with Crippen molar-refractivity contribution in [1.82, 2.24) is 10.2 Å². The number of nitrogens with zero attached hydrogens (tertiary/aromatic N) is 1. The van der Waals surface area contributed by atoms with Gasteiger partial charge in [-0.05, 0) is 69.3 Å². The molecule has 4 heteroatoms. The van der Waals surface area contributed by atoms with Gasteiger partial charge in [0.05, 0.1) is 5.41 Å². The molecule has 2 aliphatic rings. The topological polar surface area (TPSA) is 32.3 Å². The van der Waals surface area contributed by atoms with Gasteiger partial charge in [-0.2, -0.15) is 0 Å². The summed E-state index contributed by atoms with van der Waals surface area (Å²) in [6.07, 6.45) is 5.20. The third-order valence-electron chi connectivity index (χ3n) is 5.26. The van der Waals surface area contributed by atoms with Crippen LogP contribution >= 0.6 is 0 Å². The van der Waals surface area contributed by atoms with E-state index in [4.69, 9.17) is 0 Å². The molecule has 3 rings (SSSR count). The number of nitrogens with one attached hydrogen (secondary N) is 1. The number of likely N-dealkylation sites (tertiary alicyclic amines) is 1. The number of piperidine rings is 1. The Morgan fingerprint density at radius 2 is 1.91 bits per heavy atom. The van der Waals surface area contributed by atoms with Gasteiger partial charge in [-0.1, -0.05) is 12.1 Å². The minimum absolute atomic E-state index is 0.239. The Morgan fingerprint density at radius 1 is 1.27 bits per heavy atom. The second-order valence-corrected chi connectivity index (χ2v) is 6.72. The van der Waals surface area contributed by atoms with Crippen LogP contribution < -0.4 is 5.32 Å². The Balaban J connectivity index is 1.61. The highest BCUT2D eigenvalue weighted by atomic mass is 19.1. The van der Waals surface area contributed by atoms with Crippen molar-refractivity contribution in [2.24, 2.45) is 5.92 Å². The molecular formula is C18H25FN2O. The van der Waals surface area contributed by atoms with Crippen molar-refractivity contribution in [2.45, 2.75) is 37.5 Å². The number of amides is 1. The maximum atomic E-state index is 13.1. The SMILES string of the molecule is CNCCC1CCN(C(=O)C2(c3ccc(F)cc3)CC2)CC1. The van der Waals surface area contributed by atoms with E-state index in [1.54, 1.807) is 12.1 Å². The highest BCUT2D eigenvalue weighted by molar-refractivity contribution is 5.91. The lowest BCUT2D eigenvalue weighted by Gasteiger charge is -2.34. The normalized spacial score (nSPS) is 20.9. The summed E-state index contributed by atoms with van der Waals surface area (Å²) in [7, 11) is 1.98. The number of benzene rings is 1. The first kappa shape index (κ1) is 15.5. The molecule has 0 spiro atoms. The fourth-order valence-corrected chi connectivity index (χ4v) is 3.60. The highest BCUT2D eigenvalue weighted by Gasteiger charge is 2.53. The Kier molecular flexibility index (Phi) is 4.48. The molecule has 1 amide bonds. The summed E-state index contributed by atoms with van der Waals surface area (Å²) >= 11 is 0. The fourth-order valence-electron chi connectivity index (χ4n) is 3.60. The van der Waals surface area contributed by atoms with E-state index in [0.29, 0.717) is 0 Å². The molecular weight excluding hydrogens is 279 g/mol. The van der Waals surface area contributed by atoms with Crippen LogP contribution in [0.15, 0.2) is 24.3 Å². The largest absolute Gasteiger partial charge is 0.342 e. The third-order valence-corrected chi connectivity index (χ3v) is 5.26. The lowest BCUT2D eigenvalue weighted by atomic mass is 9.90. The first-order chi connectivity index (χ1) is 10.7. The number of carbonyl (C=O) groups is 1. The Hall–Kier alpha value is -1.42. The average Bonchev–Trinajstić information content (AvgIpc) is 3.35. The van der Waals surface area contributed by atoms with Crippen molar-refractivity contribution in [1.29, 1.82) is 0 Å². The number of halogens is 1. The summed E-state index contributed by atoms with van der Waals surface area (Å²) in [6.45, 7) is 2.80. The zero-order chi connectivity index (χ0) is 15.6. The van der Waals surface area contributed by atoms with Gasteiger partial charge in [0, 0.05) is 13.1 Å². The van der Waals surface area contributed by atoms with Crippen molar-refractivity contribution < 1.29 is 9.18 Å². The number of hydrogen-bond donors (Lipinski definition) is 1. The minimum Gasteiger partial charge on any atom is -0.342 e. The molecule has 1 N–H and O–H groups in total. The van der Waals surface area contributed by atoms with E-state index in [1.165, 1.54) is 18.6 Å². The van der Waals surface area contributed by atoms with Gasteiger partial charge in [0.25, 0.3) is 0 Å². The molecule has 3 nitrogen and oxygen atoms in total. The molecule has 0 bridgehead atoms. The zero-order valence-corrected chi connectivity index (χ0v) is 13.3. The summed E-state index contributed by atoms with van der Waals surface area (Å²) in [5.74, 6) is 0.751. The molecule has 0 radical (unpaired) electrons. The number of hydrogen-bond acceptors (Lipinski definition) is 2. The third kappa shape index (κ3) is 3.02. The molecule has 22 heavy (non-hydrogen) atoms. The summed E-state index contributed by atoms with van der Waals surface area (Å²) in [6, 6.07) is 6.49. The van der Waals surface area contributed by atoms with Crippen LogP contribution in [-0.2, 0) is 10.2 Å². The smallest absolute Gasteiger partial charge is 0.233 e. The molecule has 1 aromatic rings. The molecule has 0 aromatic heterocycles. The van der Waals surface area contributed by atoms with Gasteiger partial charge in [0.2, 0.25) is 5.91 Å². The Labute approximate surface area is 131 Å². The maximum absolute atomic E-state index is 13.1. The predicted octanol–water partition coefficient (Wildman–Crippen LogP) is 2.71. The second-order valence-electron chi connectivity index (χ2n) is 6.72. The molecule has 120 valence electrons. The average molecular weight is 304 g/mol. The van der Waals surface area contributed by atoms with E-state index in [-0.39, 0.29) is 17.1 Å². The van der Waals surface area contributed by atoms with E-state index >= 15 is 0 Å². The van der Waals surface area contributed by atoms with E-state index in [1.807, 2.05) is 11.9 Å². The monoisotopic (exact) mass is 304 g/mol. The van der Waals surface area contributed by atoms with Crippen molar-refractivity contribution in [3.8, 4) is 0 Å². The molecule has 1 heterocycles. The standard InChI is InChI=1S/C18H25FN2O/c1-20-11-6-14-7-12-21(13-8-14)17(22)18(9-10-18)15-2-4-16(19)5-3-15/h2-5,14,20H,6-13H2,1H3. The Morgan fingerprint density at radius 3 is 2.45 bits per heavy atom. The van der Waals surface area contributed by atoms with Crippen LogP contribution in [0, 0.1) is 11.7 Å². The molecule has 1 aromatic carbocycles. The fraction of sp³-hybridized carbons (Fsp3) is 0.611. The summed E-state index contributed by atoms with van der Waals surface area (Å²) in [5, 5.41) is 3.20. The van der Waals surface area contributed by atoms with Gasteiger partial charge in [-0.15, -0.1) is 0 Å². The van der Waals surface area contributed by atoms with Crippen LogP contribution in [0.25, 0.3) is 0 Å². The molecule has 1 aliphatic carbocycles. The minimum atomic E-state index is -0.356. The van der Waals surface area contributed by atoms with Gasteiger partial charge in [-0.3, -0.25) is 4.79 Å². The van der Waals surface area contributed by atoms with Crippen molar-refractivity contribution in [2.75, 3.05) is 26.7 Å². The van der Waals surface area contributed by atoms with E-state index in [9.17, 15) is 9.18 Å². The van der Waals surface area contributed by atoms with Gasteiger partial charge in [0.15, 0.2) is 0 Å². The van der Waals surface area contributed by atoms with Crippen molar-refractivity contribution >= 4 is 5.91 Å². The molecule has 1 saturated heterocycles. The first-order valence-electron chi connectivity index (χ1n) is 8.36. The molecule has 1 saturated carbocycles. The number of carbonyl (C=O) groups excluding carboxylic acids is 1. The quantitative estimate of drug-likeness (QED) is 0.907. The molecule has 1 aliphatic heterocycles. The lowest BCUT2D eigenvalue weighted by Crippen LogP contribution is -2.44. The van der Waals surface area contributed by atoms with E-state index in [2.05, 4.69) is 5.32 Å². The number of rotatable bonds is 5. The molecule has 0 atom stereocenters. The lowest BCUT2D eigenvalue weighted by molar-refractivity contribution is -0.135. The van der Waals surface area contributed by atoms with E-state index in [0.717, 1.165) is 56.8 Å². The van der Waals surface area contributed by atoms with E-state index < -0.39 is 0 Å².